The van der Waals surface area contributed by atoms with E-state index in [1.807, 2.05) is 12.1 Å². The summed E-state index contributed by atoms with van der Waals surface area (Å²) in [5.41, 5.74) is 3.38. The van der Waals surface area contributed by atoms with Gasteiger partial charge in [0.25, 0.3) is 0 Å². The Morgan fingerprint density at radius 3 is 2.48 bits per heavy atom. The molecule has 2 aromatic carbocycles. The molecule has 0 saturated carbocycles. The van der Waals surface area contributed by atoms with Crippen molar-refractivity contribution in [2.75, 3.05) is 13.1 Å². The molecule has 3 heteroatoms. The van der Waals surface area contributed by atoms with Gasteiger partial charge in [-0.05, 0) is 24.0 Å². The van der Waals surface area contributed by atoms with E-state index in [1.54, 1.807) is 0 Å². The van der Waals surface area contributed by atoms with Gasteiger partial charge in [-0.15, -0.1) is 0 Å². The third kappa shape index (κ3) is 2.55. The second-order valence-corrected chi connectivity index (χ2v) is 6.47. The van der Waals surface area contributed by atoms with Gasteiger partial charge in [-0.3, -0.25) is 4.90 Å². The first kappa shape index (κ1) is 14.4. The minimum absolute atomic E-state index is 0.260. The lowest BCUT2D eigenvalue weighted by molar-refractivity contribution is -0.0933. The van der Waals surface area contributed by atoms with E-state index in [2.05, 4.69) is 53.4 Å². The Hall–Kier alpha value is -2.15. The Bertz CT molecular complexity index is 727. The van der Waals surface area contributed by atoms with E-state index in [-0.39, 0.29) is 5.60 Å². The molecule has 0 bridgehead atoms. The van der Waals surface area contributed by atoms with E-state index in [0.717, 1.165) is 38.0 Å². The van der Waals surface area contributed by atoms with Gasteiger partial charge in [-0.25, -0.2) is 0 Å². The summed E-state index contributed by atoms with van der Waals surface area (Å²) in [6.45, 7) is 2.99. The van der Waals surface area contributed by atoms with Gasteiger partial charge in [0.2, 0.25) is 0 Å². The maximum Gasteiger partial charge on any atom is 0.170 e. The highest BCUT2D eigenvalue weighted by Crippen LogP contribution is 2.49. The third-order valence-corrected chi connectivity index (χ3v) is 5.11. The van der Waals surface area contributed by atoms with Gasteiger partial charge < -0.3 is 4.74 Å². The number of rotatable bonds is 2. The normalized spacial score (nSPS) is 22.7. The van der Waals surface area contributed by atoms with Gasteiger partial charge >= 0.3 is 0 Å². The van der Waals surface area contributed by atoms with E-state index in [0.29, 0.717) is 0 Å². The van der Waals surface area contributed by atoms with Gasteiger partial charge in [0, 0.05) is 25.2 Å². The zero-order chi connectivity index (χ0) is 15.7. The van der Waals surface area contributed by atoms with Crippen LogP contribution >= 0.6 is 0 Å². The monoisotopic (exact) mass is 304 g/mol. The molecule has 1 spiro atoms. The summed E-state index contributed by atoms with van der Waals surface area (Å²) < 4.78 is 6.22. The Kier molecular flexibility index (Phi) is 3.65. The zero-order valence-electron chi connectivity index (χ0n) is 13.1. The molecule has 1 fully saturated rings. The number of hydrogen-bond acceptors (Lipinski definition) is 3. The Labute approximate surface area is 137 Å². The molecular formula is C20H20N2O. The van der Waals surface area contributed by atoms with E-state index in [1.165, 1.54) is 11.1 Å². The van der Waals surface area contributed by atoms with Gasteiger partial charge in [0.05, 0.1) is 11.7 Å². The van der Waals surface area contributed by atoms with Crippen molar-refractivity contribution in [2.24, 2.45) is 0 Å². The van der Waals surface area contributed by atoms with Crippen LogP contribution in [0.15, 0.2) is 54.6 Å². The van der Waals surface area contributed by atoms with E-state index >= 15 is 0 Å². The Morgan fingerprint density at radius 1 is 1.04 bits per heavy atom. The van der Waals surface area contributed by atoms with Crippen LogP contribution in [0.25, 0.3) is 0 Å². The fourth-order valence-electron chi connectivity index (χ4n) is 3.89. The highest BCUT2D eigenvalue weighted by Gasteiger charge is 2.46. The lowest BCUT2D eigenvalue weighted by Crippen LogP contribution is -2.42. The SMILES string of the molecule is N#C[C@@H]1OC2(CCN(Cc3ccccc3)CC2)c2ccccc21. The van der Waals surface area contributed by atoms with Crippen LogP contribution < -0.4 is 0 Å². The molecule has 4 rings (SSSR count). The average molecular weight is 304 g/mol. The average Bonchev–Trinajstić information content (AvgIpc) is 2.92. The van der Waals surface area contributed by atoms with Crippen molar-refractivity contribution in [3.05, 3.63) is 71.3 Å². The van der Waals surface area contributed by atoms with Crippen molar-refractivity contribution in [3.63, 3.8) is 0 Å². The Morgan fingerprint density at radius 2 is 1.74 bits per heavy atom. The summed E-state index contributed by atoms with van der Waals surface area (Å²) in [5, 5.41) is 9.39. The fourth-order valence-corrected chi connectivity index (χ4v) is 3.89. The molecule has 1 atom stereocenters. The number of ether oxygens (including phenoxy) is 1. The number of nitriles is 1. The van der Waals surface area contributed by atoms with Crippen molar-refractivity contribution in [1.29, 1.82) is 5.26 Å². The number of likely N-dealkylation sites (tertiary alicyclic amines) is 1. The fraction of sp³-hybridized carbons (Fsp3) is 0.350. The minimum Gasteiger partial charge on any atom is -0.347 e. The molecule has 0 aromatic heterocycles. The van der Waals surface area contributed by atoms with Gasteiger partial charge in [0.1, 0.15) is 0 Å². The smallest absolute Gasteiger partial charge is 0.170 e. The maximum atomic E-state index is 9.39. The van der Waals surface area contributed by atoms with Crippen molar-refractivity contribution in [1.82, 2.24) is 4.90 Å². The summed E-state index contributed by atoms with van der Waals surface area (Å²) in [4.78, 5) is 2.48. The van der Waals surface area contributed by atoms with Crippen LogP contribution in [-0.2, 0) is 16.9 Å². The first-order valence-corrected chi connectivity index (χ1v) is 8.24. The minimum atomic E-state index is -0.410. The van der Waals surface area contributed by atoms with Crippen molar-refractivity contribution in [3.8, 4) is 6.07 Å². The van der Waals surface area contributed by atoms with Crippen molar-refractivity contribution >= 4 is 0 Å². The number of benzene rings is 2. The topological polar surface area (TPSA) is 36.3 Å². The number of fused-ring (bicyclic) bond motifs is 2. The lowest BCUT2D eigenvalue weighted by Gasteiger charge is -2.39. The molecule has 3 nitrogen and oxygen atoms in total. The lowest BCUT2D eigenvalue weighted by atomic mass is 9.83. The number of nitrogens with zero attached hydrogens (tertiary/aromatic N) is 2. The molecule has 0 unspecified atom stereocenters. The molecule has 2 aliphatic rings. The summed E-state index contributed by atoms with van der Waals surface area (Å²) >= 11 is 0. The number of hydrogen-bond donors (Lipinski definition) is 0. The molecule has 0 aliphatic carbocycles. The van der Waals surface area contributed by atoms with Gasteiger partial charge in [-0.2, -0.15) is 5.26 Å². The second-order valence-electron chi connectivity index (χ2n) is 6.47. The quantitative estimate of drug-likeness (QED) is 0.847. The zero-order valence-corrected chi connectivity index (χ0v) is 13.1. The summed E-state index contributed by atoms with van der Waals surface area (Å²) in [6.07, 6.45) is 1.50. The van der Waals surface area contributed by atoms with Gasteiger partial charge in [-0.1, -0.05) is 54.6 Å². The molecule has 0 radical (unpaired) electrons. The third-order valence-electron chi connectivity index (χ3n) is 5.11. The molecular weight excluding hydrogens is 284 g/mol. The maximum absolute atomic E-state index is 9.39. The summed E-state index contributed by atoms with van der Waals surface area (Å²) in [7, 11) is 0. The van der Waals surface area contributed by atoms with E-state index in [9.17, 15) is 5.26 Å². The summed E-state index contributed by atoms with van der Waals surface area (Å²) in [5.74, 6) is 0. The van der Waals surface area contributed by atoms with Crippen LogP contribution in [0.4, 0.5) is 0 Å². The first-order valence-electron chi connectivity index (χ1n) is 8.24. The predicted molar refractivity (Wildman–Crippen MR) is 88.5 cm³/mol. The molecule has 2 aliphatic heterocycles. The predicted octanol–water partition coefficient (Wildman–Crippen LogP) is 3.77. The molecule has 2 aromatic rings. The van der Waals surface area contributed by atoms with Crippen LogP contribution in [0.5, 0.6) is 0 Å². The number of piperidine rings is 1. The first-order chi connectivity index (χ1) is 11.3. The van der Waals surface area contributed by atoms with Crippen LogP contribution in [-0.4, -0.2) is 18.0 Å². The van der Waals surface area contributed by atoms with E-state index in [4.69, 9.17) is 4.74 Å². The standard InChI is InChI=1S/C20H20N2O/c21-14-19-17-8-4-5-9-18(17)20(23-19)10-12-22(13-11-20)15-16-6-2-1-3-7-16/h1-9,19H,10-13,15H2/t19-/m0/s1. The highest BCUT2D eigenvalue weighted by molar-refractivity contribution is 5.41. The molecule has 1 saturated heterocycles. The van der Waals surface area contributed by atoms with Crippen LogP contribution in [0.2, 0.25) is 0 Å². The Balaban J connectivity index is 1.50. The highest BCUT2D eigenvalue weighted by atomic mass is 16.5. The van der Waals surface area contributed by atoms with Crippen molar-refractivity contribution in [2.45, 2.75) is 31.1 Å². The molecule has 116 valence electrons. The largest absolute Gasteiger partial charge is 0.347 e. The van der Waals surface area contributed by atoms with Gasteiger partial charge in [0.15, 0.2) is 6.10 Å². The van der Waals surface area contributed by atoms with Crippen LogP contribution in [0.1, 0.15) is 35.6 Å². The molecule has 2 heterocycles. The van der Waals surface area contributed by atoms with Crippen LogP contribution in [0.3, 0.4) is 0 Å². The van der Waals surface area contributed by atoms with Crippen LogP contribution in [0, 0.1) is 11.3 Å². The summed E-state index contributed by atoms with van der Waals surface area (Å²) in [6, 6.07) is 21.1. The molecule has 23 heavy (non-hydrogen) atoms. The molecule has 0 N–H and O–H groups in total. The van der Waals surface area contributed by atoms with E-state index < -0.39 is 6.10 Å². The second kappa shape index (κ2) is 5.81. The van der Waals surface area contributed by atoms with Crippen molar-refractivity contribution < 1.29 is 4.74 Å². The molecule has 0 amide bonds.